The first-order valence-electron chi connectivity index (χ1n) is 5.23. The summed E-state index contributed by atoms with van der Waals surface area (Å²) in [5.74, 6) is 0. The van der Waals surface area contributed by atoms with E-state index in [-0.39, 0.29) is 5.60 Å². The molecule has 0 aromatic rings. The van der Waals surface area contributed by atoms with Crippen molar-refractivity contribution in [3.63, 3.8) is 0 Å². The molecule has 0 spiro atoms. The third-order valence-corrected chi connectivity index (χ3v) is 2.61. The molecule has 78 valence electrons. The van der Waals surface area contributed by atoms with E-state index in [1.165, 1.54) is 19.3 Å². The highest BCUT2D eigenvalue weighted by atomic mass is 16.5. The van der Waals surface area contributed by atoms with Crippen LogP contribution < -0.4 is 0 Å². The maximum atomic E-state index is 5.95. The third kappa shape index (κ3) is 3.65. The third-order valence-electron chi connectivity index (χ3n) is 2.61. The molecule has 0 saturated heterocycles. The molecule has 2 heteroatoms. The molecule has 0 radical (unpaired) electrons. The molecule has 1 rings (SSSR count). The second kappa shape index (κ2) is 3.97. The normalized spacial score (nSPS) is 30.0. The Morgan fingerprint density at radius 2 is 1.77 bits per heavy atom. The van der Waals surface area contributed by atoms with Gasteiger partial charge in [0.05, 0.1) is 11.7 Å². The molecule has 0 aliphatic heterocycles. The molecule has 2 atom stereocenters. The molecule has 2 unspecified atom stereocenters. The van der Waals surface area contributed by atoms with Crippen LogP contribution >= 0.6 is 0 Å². The lowest BCUT2D eigenvalue weighted by atomic mass is 10.1. The Morgan fingerprint density at radius 1 is 1.15 bits per heavy atom. The second-order valence-electron chi connectivity index (χ2n) is 5.28. The van der Waals surface area contributed by atoms with Crippen LogP contribution in [0.3, 0.4) is 0 Å². The Hall–Kier alpha value is -0.0800. The Balaban J connectivity index is 2.33. The summed E-state index contributed by atoms with van der Waals surface area (Å²) in [5.41, 5.74) is 0.0197. The summed E-state index contributed by atoms with van der Waals surface area (Å²) in [7, 11) is 4.31. The lowest BCUT2D eigenvalue weighted by molar-refractivity contribution is -0.0578. The standard InChI is InChI=1S/C11H23NO/c1-11(2,3)13-10-7-6-9(8-10)12(4)5/h9-10H,6-8H2,1-5H3. The van der Waals surface area contributed by atoms with Gasteiger partial charge in [0, 0.05) is 6.04 Å². The van der Waals surface area contributed by atoms with Gasteiger partial charge in [-0.3, -0.25) is 0 Å². The molecule has 0 bridgehead atoms. The topological polar surface area (TPSA) is 12.5 Å². The van der Waals surface area contributed by atoms with Gasteiger partial charge in [0.15, 0.2) is 0 Å². The molecular formula is C11H23NO. The molecule has 0 aromatic carbocycles. The van der Waals surface area contributed by atoms with E-state index in [9.17, 15) is 0 Å². The average Bonchev–Trinajstić information content (AvgIpc) is 2.31. The number of rotatable bonds is 2. The molecular weight excluding hydrogens is 162 g/mol. The van der Waals surface area contributed by atoms with E-state index < -0.39 is 0 Å². The summed E-state index contributed by atoms with van der Waals surface area (Å²) < 4.78 is 5.95. The van der Waals surface area contributed by atoms with Gasteiger partial charge in [-0.15, -0.1) is 0 Å². The first kappa shape index (κ1) is 11.0. The van der Waals surface area contributed by atoms with Gasteiger partial charge >= 0.3 is 0 Å². The summed E-state index contributed by atoms with van der Waals surface area (Å²) >= 11 is 0. The van der Waals surface area contributed by atoms with Gasteiger partial charge in [0.2, 0.25) is 0 Å². The van der Waals surface area contributed by atoms with Crippen molar-refractivity contribution < 1.29 is 4.74 Å². The lowest BCUT2D eigenvalue weighted by Gasteiger charge is -2.25. The zero-order valence-electron chi connectivity index (χ0n) is 9.63. The van der Waals surface area contributed by atoms with Gasteiger partial charge < -0.3 is 9.64 Å². The molecule has 2 nitrogen and oxygen atoms in total. The number of hydrogen-bond donors (Lipinski definition) is 0. The quantitative estimate of drug-likeness (QED) is 0.654. The molecule has 0 amide bonds. The highest BCUT2D eigenvalue weighted by Gasteiger charge is 2.29. The minimum atomic E-state index is 0.0197. The molecule has 0 N–H and O–H groups in total. The van der Waals surface area contributed by atoms with E-state index in [1.807, 2.05) is 0 Å². The van der Waals surface area contributed by atoms with Crippen molar-refractivity contribution in [1.82, 2.24) is 4.90 Å². The first-order chi connectivity index (χ1) is 5.88. The minimum absolute atomic E-state index is 0.0197. The predicted molar refractivity (Wildman–Crippen MR) is 56.0 cm³/mol. The van der Waals surface area contributed by atoms with Crippen LogP contribution in [0.1, 0.15) is 40.0 Å². The fraction of sp³-hybridized carbons (Fsp3) is 1.00. The Bertz CT molecular complexity index is 160. The summed E-state index contributed by atoms with van der Waals surface area (Å²) in [4.78, 5) is 2.31. The van der Waals surface area contributed by atoms with Crippen LogP contribution in [0.5, 0.6) is 0 Å². The monoisotopic (exact) mass is 185 g/mol. The maximum absolute atomic E-state index is 5.95. The fourth-order valence-corrected chi connectivity index (χ4v) is 1.99. The van der Waals surface area contributed by atoms with Crippen molar-refractivity contribution in [2.45, 2.75) is 57.8 Å². The van der Waals surface area contributed by atoms with Gasteiger partial charge in [-0.05, 0) is 54.1 Å². The number of hydrogen-bond acceptors (Lipinski definition) is 2. The number of ether oxygens (including phenoxy) is 1. The zero-order valence-corrected chi connectivity index (χ0v) is 9.63. The largest absolute Gasteiger partial charge is 0.373 e. The Morgan fingerprint density at radius 3 is 2.15 bits per heavy atom. The van der Waals surface area contributed by atoms with Gasteiger partial charge in [-0.25, -0.2) is 0 Å². The molecule has 1 fully saturated rings. The summed E-state index contributed by atoms with van der Waals surface area (Å²) in [5, 5.41) is 0. The van der Waals surface area contributed by atoms with Gasteiger partial charge in [-0.1, -0.05) is 0 Å². The molecule has 0 heterocycles. The highest BCUT2D eigenvalue weighted by molar-refractivity contribution is 4.82. The van der Waals surface area contributed by atoms with Gasteiger partial charge in [0.1, 0.15) is 0 Å². The minimum Gasteiger partial charge on any atom is -0.373 e. The van der Waals surface area contributed by atoms with Crippen LogP contribution in [-0.4, -0.2) is 36.7 Å². The maximum Gasteiger partial charge on any atom is 0.0602 e. The molecule has 1 saturated carbocycles. The van der Waals surface area contributed by atoms with E-state index in [0.29, 0.717) is 6.10 Å². The molecule has 1 aliphatic carbocycles. The summed E-state index contributed by atoms with van der Waals surface area (Å²) in [6, 6.07) is 0.729. The zero-order chi connectivity index (χ0) is 10.1. The van der Waals surface area contributed by atoms with E-state index in [4.69, 9.17) is 4.74 Å². The van der Waals surface area contributed by atoms with Crippen molar-refractivity contribution in [3.8, 4) is 0 Å². The van der Waals surface area contributed by atoms with Gasteiger partial charge in [-0.2, -0.15) is 0 Å². The highest BCUT2D eigenvalue weighted by Crippen LogP contribution is 2.28. The molecule has 1 aliphatic rings. The number of nitrogens with zero attached hydrogens (tertiary/aromatic N) is 1. The molecule has 13 heavy (non-hydrogen) atoms. The Kier molecular flexibility index (Phi) is 3.36. The lowest BCUT2D eigenvalue weighted by Crippen LogP contribution is -2.29. The van der Waals surface area contributed by atoms with E-state index >= 15 is 0 Å². The van der Waals surface area contributed by atoms with E-state index in [1.54, 1.807) is 0 Å². The predicted octanol–water partition coefficient (Wildman–Crippen LogP) is 2.28. The van der Waals surface area contributed by atoms with Gasteiger partial charge in [0.25, 0.3) is 0 Å². The SMILES string of the molecule is CN(C)C1CCC(OC(C)(C)C)C1. The van der Waals surface area contributed by atoms with Crippen LogP contribution in [-0.2, 0) is 4.74 Å². The average molecular weight is 185 g/mol. The molecule has 0 aromatic heterocycles. The summed E-state index contributed by atoms with van der Waals surface area (Å²) in [6.45, 7) is 6.40. The van der Waals surface area contributed by atoms with Crippen LogP contribution in [0.25, 0.3) is 0 Å². The van der Waals surface area contributed by atoms with E-state index in [0.717, 1.165) is 6.04 Å². The van der Waals surface area contributed by atoms with E-state index in [2.05, 4.69) is 39.8 Å². The van der Waals surface area contributed by atoms with Crippen LogP contribution in [0.2, 0.25) is 0 Å². The van der Waals surface area contributed by atoms with Crippen LogP contribution in [0.4, 0.5) is 0 Å². The van der Waals surface area contributed by atoms with Crippen molar-refractivity contribution in [1.29, 1.82) is 0 Å². The Labute approximate surface area is 82.3 Å². The first-order valence-corrected chi connectivity index (χ1v) is 5.23. The second-order valence-corrected chi connectivity index (χ2v) is 5.28. The van der Waals surface area contributed by atoms with Crippen LogP contribution in [0.15, 0.2) is 0 Å². The fourth-order valence-electron chi connectivity index (χ4n) is 1.99. The van der Waals surface area contributed by atoms with Crippen molar-refractivity contribution in [2.75, 3.05) is 14.1 Å². The van der Waals surface area contributed by atoms with Crippen molar-refractivity contribution in [2.24, 2.45) is 0 Å². The van der Waals surface area contributed by atoms with Crippen molar-refractivity contribution >= 4 is 0 Å². The van der Waals surface area contributed by atoms with Crippen molar-refractivity contribution in [3.05, 3.63) is 0 Å². The van der Waals surface area contributed by atoms with Crippen LogP contribution in [0, 0.1) is 0 Å². The smallest absolute Gasteiger partial charge is 0.0602 e. The summed E-state index contributed by atoms with van der Waals surface area (Å²) in [6.07, 6.45) is 4.19.